The van der Waals surface area contributed by atoms with E-state index in [1.54, 1.807) is 11.3 Å². The highest BCUT2D eigenvalue weighted by Gasteiger charge is 2.01. The smallest absolute Gasteiger partial charge is 0.0862 e. The van der Waals surface area contributed by atoms with Crippen LogP contribution in [-0.2, 0) is 0 Å². The van der Waals surface area contributed by atoms with Gasteiger partial charge in [0.15, 0.2) is 0 Å². The summed E-state index contributed by atoms with van der Waals surface area (Å²) in [5.41, 5.74) is 10.6. The molecule has 0 aliphatic heterocycles. The van der Waals surface area contributed by atoms with Crippen LogP contribution in [0.4, 0.5) is 5.00 Å². The number of rotatable bonds is 2. The highest BCUT2D eigenvalue weighted by molar-refractivity contribution is 7.14. The van der Waals surface area contributed by atoms with Gasteiger partial charge in [-0.05, 0) is 28.3 Å². The van der Waals surface area contributed by atoms with Crippen molar-refractivity contribution in [2.45, 2.75) is 0 Å². The van der Waals surface area contributed by atoms with Crippen LogP contribution in [0.15, 0.2) is 66.0 Å². The van der Waals surface area contributed by atoms with E-state index in [4.69, 9.17) is 5.73 Å². The van der Waals surface area contributed by atoms with Crippen LogP contribution in [0.5, 0.6) is 0 Å². The van der Waals surface area contributed by atoms with Gasteiger partial charge in [0.1, 0.15) is 0 Å². The molecule has 2 N–H and O–H groups in total. The SMILES string of the molecule is Nc1cc(-c2ccc(-c3ccccc3)cc2)cs1. The molecule has 0 aliphatic rings. The third-order valence-electron chi connectivity index (χ3n) is 2.95. The lowest BCUT2D eigenvalue weighted by Gasteiger charge is -2.03. The Morgan fingerprint density at radius 2 is 1.22 bits per heavy atom. The molecule has 0 bridgehead atoms. The van der Waals surface area contributed by atoms with E-state index in [1.807, 2.05) is 12.1 Å². The number of hydrogen-bond donors (Lipinski definition) is 1. The molecule has 0 radical (unpaired) electrons. The molecule has 18 heavy (non-hydrogen) atoms. The zero-order chi connectivity index (χ0) is 12.4. The molecule has 2 heteroatoms. The summed E-state index contributed by atoms with van der Waals surface area (Å²) in [5, 5.41) is 2.95. The Morgan fingerprint density at radius 3 is 1.78 bits per heavy atom. The van der Waals surface area contributed by atoms with Crippen LogP contribution in [0, 0.1) is 0 Å². The number of benzene rings is 2. The van der Waals surface area contributed by atoms with Crippen LogP contribution in [-0.4, -0.2) is 0 Å². The van der Waals surface area contributed by atoms with E-state index in [9.17, 15) is 0 Å². The maximum Gasteiger partial charge on any atom is 0.0862 e. The van der Waals surface area contributed by atoms with E-state index in [0.29, 0.717) is 0 Å². The van der Waals surface area contributed by atoms with Crippen molar-refractivity contribution in [1.29, 1.82) is 0 Å². The van der Waals surface area contributed by atoms with E-state index in [-0.39, 0.29) is 0 Å². The second-order valence-corrected chi connectivity index (χ2v) is 5.12. The maximum atomic E-state index is 5.76. The fraction of sp³-hybridized carbons (Fsp3) is 0. The number of hydrogen-bond acceptors (Lipinski definition) is 2. The molecule has 2 aromatic carbocycles. The first-order valence-corrected chi connectivity index (χ1v) is 6.71. The van der Waals surface area contributed by atoms with Crippen molar-refractivity contribution in [3.63, 3.8) is 0 Å². The van der Waals surface area contributed by atoms with Crippen molar-refractivity contribution in [3.8, 4) is 22.3 Å². The third kappa shape index (κ3) is 2.15. The Bertz CT molecular complexity index is 638. The van der Waals surface area contributed by atoms with Crippen LogP contribution in [0.2, 0.25) is 0 Å². The molecule has 3 rings (SSSR count). The molecule has 88 valence electrons. The van der Waals surface area contributed by atoms with Crippen molar-refractivity contribution < 1.29 is 0 Å². The standard InChI is InChI=1S/C16H13NS/c17-16-10-15(11-18-16)14-8-6-13(7-9-14)12-4-2-1-3-5-12/h1-11H,17H2. The Labute approximate surface area is 111 Å². The fourth-order valence-electron chi connectivity index (χ4n) is 1.99. The average molecular weight is 251 g/mol. The van der Waals surface area contributed by atoms with Gasteiger partial charge in [0.25, 0.3) is 0 Å². The summed E-state index contributed by atoms with van der Waals surface area (Å²) in [7, 11) is 0. The molecule has 0 fully saturated rings. The summed E-state index contributed by atoms with van der Waals surface area (Å²) in [4.78, 5) is 0. The van der Waals surface area contributed by atoms with E-state index in [2.05, 4.69) is 53.9 Å². The van der Waals surface area contributed by atoms with E-state index in [1.165, 1.54) is 22.3 Å². The Balaban J connectivity index is 1.94. The molecule has 0 unspecified atom stereocenters. The van der Waals surface area contributed by atoms with Gasteiger partial charge in [0, 0.05) is 5.38 Å². The summed E-state index contributed by atoms with van der Waals surface area (Å²) in [6.07, 6.45) is 0. The van der Waals surface area contributed by atoms with E-state index < -0.39 is 0 Å². The molecular formula is C16H13NS. The highest BCUT2D eigenvalue weighted by atomic mass is 32.1. The highest BCUT2D eigenvalue weighted by Crippen LogP contribution is 2.29. The van der Waals surface area contributed by atoms with E-state index in [0.717, 1.165) is 5.00 Å². The van der Waals surface area contributed by atoms with Gasteiger partial charge in [-0.3, -0.25) is 0 Å². The second kappa shape index (κ2) is 4.67. The van der Waals surface area contributed by atoms with Gasteiger partial charge >= 0.3 is 0 Å². The van der Waals surface area contributed by atoms with Crippen molar-refractivity contribution in [2.75, 3.05) is 5.73 Å². The first-order valence-electron chi connectivity index (χ1n) is 5.83. The monoisotopic (exact) mass is 251 g/mol. The van der Waals surface area contributed by atoms with Gasteiger partial charge in [-0.25, -0.2) is 0 Å². The summed E-state index contributed by atoms with van der Waals surface area (Å²) >= 11 is 1.58. The maximum absolute atomic E-state index is 5.76. The summed E-state index contributed by atoms with van der Waals surface area (Å²) in [6.45, 7) is 0. The molecule has 0 aliphatic carbocycles. The largest absolute Gasteiger partial charge is 0.391 e. The van der Waals surface area contributed by atoms with Crippen LogP contribution in [0.25, 0.3) is 22.3 Å². The molecule has 0 spiro atoms. The van der Waals surface area contributed by atoms with Crippen LogP contribution in [0.1, 0.15) is 0 Å². The van der Waals surface area contributed by atoms with Crippen LogP contribution in [0.3, 0.4) is 0 Å². The fourth-order valence-corrected chi connectivity index (χ4v) is 2.65. The lowest BCUT2D eigenvalue weighted by molar-refractivity contribution is 1.61. The van der Waals surface area contributed by atoms with Crippen molar-refractivity contribution in [2.24, 2.45) is 0 Å². The Morgan fingerprint density at radius 1 is 0.667 bits per heavy atom. The molecular weight excluding hydrogens is 238 g/mol. The topological polar surface area (TPSA) is 26.0 Å². The van der Waals surface area contributed by atoms with E-state index >= 15 is 0 Å². The minimum Gasteiger partial charge on any atom is -0.391 e. The predicted molar refractivity (Wildman–Crippen MR) is 79.6 cm³/mol. The predicted octanol–water partition coefficient (Wildman–Crippen LogP) is 4.66. The van der Waals surface area contributed by atoms with Gasteiger partial charge < -0.3 is 5.73 Å². The first kappa shape index (κ1) is 11.1. The molecule has 0 amide bonds. The summed E-state index contributed by atoms with van der Waals surface area (Å²) < 4.78 is 0. The normalized spacial score (nSPS) is 10.4. The van der Waals surface area contributed by atoms with Gasteiger partial charge in [0.05, 0.1) is 5.00 Å². The first-order chi connectivity index (χ1) is 8.83. The van der Waals surface area contributed by atoms with Crippen molar-refractivity contribution >= 4 is 16.3 Å². The molecule has 1 heterocycles. The lowest BCUT2D eigenvalue weighted by Crippen LogP contribution is -1.79. The Hall–Kier alpha value is -2.06. The molecule has 0 saturated heterocycles. The Kier molecular flexibility index (Phi) is 2.87. The number of nitrogens with two attached hydrogens (primary N) is 1. The number of anilines is 1. The van der Waals surface area contributed by atoms with Gasteiger partial charge in [-0.2, -0.15) is 0 Å². The van der Waals surface area contributed by atoms with Crippen LogP contribution >= 0.6 is 11.3 Å². The minimum absolute atomic E-state index is 0.858. The average Bonchev–Trinajstić information content (AvgIpc) is 2.87. The van der Waals surface area contributed by atoms with Crippen molar-refractivity contribution in [1.82, 2.24) is 0 Å². The summed E-state index contributed by atoms with van der Waals surface area (Å²) in [6, 6.07) is 21.0. The minimum atomic E-state index is 0.858. The molecule has 3 aromatic rings. The lowest BCUT2D eigenvalue weighted by atomic mass is 10.0. The van der Waals surface area contributed by atoms with Gasteiger partial charge in [-0.15, -0.1) is 11.3 Å². The molecule has 0 atom stereocenters. The molecule has 1 aromatic heterocycles. The van der Waals surface area contributed by atoms with Crippen LogP contribution < -0.4 is 5.73 Å². The zero-order valence-electron chi connectivity index (χ0n) is 9.84. The zero-order valence-corrected chi connectivity index (χ0v) is 10.7. The van der Waals surface area contributed by atoms with Gasteiger partial charge in [0.2, 0.25) is 0 Å². The van der Waals surface area contributed by atoms with Crippen molar-refractivity contribution in [3.05, 3.63) is 66.0 Å². The number of thiophene rings is 1. The molecule has 0 saturated carbocycles. The van der Waals surface area contributed by atoms with Gasteiger partial charge in [-0.1, -0.05) is 54.6 Å². The second-order valence-electron chi connectivity index (χ2n) is 4.18. The number of nitrogen functional groups attached to an aromatic ring is 1. The molecule has 1 nitrogen and oxygen atoms in total. The quantitative estimate of drug-likeness (QED) is 0.704. The third-order valence-corrected chi connectivity index (χ3v) is 3.71. The summed E-state index contributed by atoms with van der Waals surface area (Å²) in [5.74, 6) is 0.